The smallest absolute Gasteiger partial charge is 0.128 e. The summed E-state index contributed by atoms with van der Waals surface area (Å²) in [6, 6.07) is 16.4. The molecule has 0 saturated carbocycles. The highest BCUT2D eigenvalue weighted by atomic mass is 16.3. The minimum atomic E-state index is 0.0911. The van der Waals surface area contributed by atoms with E-state index in [2.05, 4.69) is 51.2 Å². The van der Waals surface area contributed by atoms with Crippen molar-refractivity contribution in [2.75, 3.05) is 24.5 Å². The van der Waals surface area contributed by atoms with Crippen molar-refractivity contribution >= 4 is 5.82 Å². The molecule has 3 aliphatic rings. The van der Waals surface area contributed by atoms with E-state index in [1.807, 2.05) is 12.3 Å². The molecule has 1 aromatic carbocycles. The fraction of sp³-hybridized carbons (Fsp3) is 0.542. The second-order valence-corrected chi connectivity index (χ2v) is 8.99. The van der Waals surface area contributed by atoms with Gasteiger partial charge in [-0.25, -0.2) is 4.98 Å². The Labute approximate surface area is 168 Å². The standard InChI is InChI=1S/C24H31N3O/c28-17-19-9-10-25-24(13-19)26-14-20-11-21(16-26)23-8-4-7-22(27(23)15-20)12-18-5-2-1-3-6-18/h1-3,5-6,9-10,13,20-23,28H,4,7-8,11-12,14-17H2/t20-,21+,22+,23-/m0/s1. The number of hydrogen-bond donors (Lipinski definition) is 1. The van der Waals surface area contributed by atoms with Crippen molar-refractivity contribution < 1.29 is 5.11 Å². The molecule has 2 bridgehead atoms. The molecule has 3 aliphatic heterocycles. The maximum atomic E-state index is 9.47. The van der Waals surface area contributed by atoms with Crippen molar-refractivity contribution in [1.29, 1.82) is 0 Å². The molecule has 1 aromatic heterocycles. The van der Waals surface area contributed by atoms with E-state index in [4.69, 9.17) is 0 Å². The molecule has 4 nitrogen and oxygen atoms in total. The second kappa shape index (κ2) is 7.84. The maximum Gasteiger partial charge on any atom is 0.128 e. The number of rotatable bonds is 4. The van der Waals surface area contributed by atoms with Crippen molar-refractivity contribution in [2.24, 2.45) is 11.8 Å². The predicted molar refractivity (Wildman–Crippen MR) is 112 cm³/mol. The summed E-state index contributed by atoms with van der Waals surface area (Å²) in [7, 11) is 0. The van der Waals surface area contributed by atoms with Crippen LogP contribution in [0.15, 0.2) is 48.7 Å². The second-order valence-electron chi connectivity index (χ2n) is 8.99. The third-order valence-corrected chi connectivity index (χ3v) is 7.15. The van der Waals surface area contributed by atoms with Crippen LogP contribution in [-0.2, 0) is 13.0 Å². The number of hydrogen-bond acceptors (Lipinski definition) is 4. The molecule has 28 heavy (non-hydrogen) atoms. The van der Waals surface area contributed by atoms with Crippen molar-refractivity contribution in [3.8, 4) is 0 Å². The van der Waals surface area contributed by atoms with E-state index in [1.165, 1.54) is 44.2 Å². The van der Waals surface area contributed by atoms with Crippen molar-refractivity contribution in [3.63, 3.8) is 0 Å². The monoisotopic (exact) mass is 377 g/mol. The Balaban J connectivity index is 1.32. The number of nitrogens with zero attached hydrogens (tertiary/aromatic N) is 3. The third-order valence-electron chi connectivity index (χ3n) is 7.15. The van der Waals surface area contributed by atoms with Gasteiger partial charge in [-0.1, -0.05) is 36.8 Å². The molecule has 0 aliphatic carbocycles. The first-order valence-electron chi connectivity index (χ1n) is 10.9. The van der Waals surface area contributed by atoms with E-state index in [0.29, 0.717) is 6.04 Å². The fourth-order valence-electron chi connectivity index (χ4n) is 5.94. The Kier molecular flexibility index (Phi) is 5.08. The molecule has 0 spiro atoms. The largest absolute Gasteiger partial charge is 0.392 e. The van der Waals surface area contributed by atoms with Crippen LogP contribution in [0.3, 0.4) is 0 Å². The molecule has 148 valence electrons. The molecule has 0 radical (unpaired) electrons. The number of fused-ring (bicyclic) bond motifs is 4. The van der Waals surface area contributed by atoms with Gasteiger partial charge in [0.15, 0.2) is 0 Å². The lowest BCUT2D eigenvalue weighted by molar-refractivity contribution is -0.0187. The summed E-state index contributed by atoms with van der Waals surface area (Å²) in [5.41, 5.74) is 2.44. The Morgan fingerprint density at radius 1 is 1.00 bits per heavy atom. The number of aliphatic hydroxyl groups excluding tert-OH is 1. The number of benzene rings is 1. The molecule has 3 saturated heterocycles. The Morgan fingerprint density at radius 2 is 1.89 bits per heavy atom. The van der Waals surface area contributed by atoms with Crippen LogP contribution in [0.1, 0.15) is 36.8 Å². The summed E-state index contributed by atoms with van der Waals surface area (Å²) in [5.74, 6) is 2.52. The van der Waals surface area contributed by atoms with Gasteiger partial charge in [-0.15, -0.1) is 0 Å². The number of pyridine rings is 1. The lowest BCUT2D eigenvalue weighted by Gasteiger charge is -2.55. The Morgan fingerprint density at radius 3 is 2.75 bits per heavy atom. The van der Waals surface area contributed by atoms with Crippen LogP contribution in [0.4, 0.5) is 5.82 Å². The van der Waals surface area contributed by atoms with Gasteiger partial charge in [0.05, 0.1) is 6.61 Å². The zero-order valence-electron chi connectivity index (χ0n) is 16.6. The van der Waals surface area contributed by atoms with Gasteiger partial charge in [0.2, 0.25) is 0 Å². The quantitative estimate of drug-likeness (QED) is 0.885. The van der Waals surface area contributed by atoms with Gasteiger partial charge in [0.1, 0.15) is 5.82 Å². The molecule has 4 heteroatoms. The zero-order valence-corrected chi connectivity index (χ0v) is 16.6. The summed E-state index contributed by atoms with van der Waals surface area (Å²) in [6.45, 7) is 3.53. The summed E-state index contributed by atoms with van der Waals surface area (Å²) < 4.78 is 0. The summed E-state index contributed by atoms with van der Waals surface area (Å²) in [6.07, 6.45) is 8.46. The highest BCUT2D eigenvalue weighted by Gasteiger charge is 2.44. The van der Waals surface area contributed by atoms with E-state index in [9.17, 15) is 5.11 Å². The van der Waals surface area contributed by atoms with E-state index in [0.717, 1.165) is 42.3 Å². The highest BCUT2D eigenvalue weighted by Crippen LogP contribution is 2.41. The van der Waals surface area contributed by atoms with Gasteiger partial charge in [-0.2, -0.15) is 0 Å². The zero-order chi connectivity index (χ0) is 18.9. The van der Waals surface area contributed by atoms with Crippen molar-refractivity contribution in [1.82, 2.24) is 9.88 Å². The van der Waals surface area contributed by atoms with Gasteiger partial charge < -0.3 is 10.0 Å². The Bertz CT molecular complexity index is 795. The number of aliphatic hydroxyl groups is 1. The van der Waals surface area contributed by atoms with E-state index in [1.54, 1.807) is 0 Å². The van der Waals surface area contributed by atoms with E-state index < -0.39 is 0 Å². The maximum absolute atomic E-state index is 9.47. The topological polar surface area (TPSA) is 39.6 Å². The van der Waals surface area contributed by atoms with Crippen molar-refractivity contribution in [2.45, 2.75) is 50.8 Å². The molecule has 4 heterocycles. The molecular weight excluding hydrogens is 346 g/mol. The van der Waals surface area contributed by atoms with Crippen LogP contribution in [0, 0.1) is 11.8 Å². The van der Waals surface area contributed by atoms with Gasteiger partial charge in [-0.05, 0) is 60.8 Å². The van der Waals surface area contributed by atoms with Gasteiger partial charge in [0.25, 0.3) is 0 Å². The van der Waals surface area contributed by atoms with Crippen LogP contribution >= 0.6 is 0 Å². The summed E-state index contributed by atoms with van der Waals surface area (Å²) in [4.78, 5) is 9.98. The fourth-order valence-corrected chi connectivity index (χ4v) is 5.94. The summed E-state index contributed by atoms with van der Waals surface area (Å²) in [5, 5.41) is 9.47. The predicted octanol–water partition coefficient (Wildman–Crippen LogP) is 3.50. The van der Waals surface area contributed by atoms with Crippen LogP contribution in [0.25, 0.3) is 0 Å². The molecule has 3 fully saturated rings. The first-order valence-corrected chi connectivity index (χ1v) is 10.9. The van der Waals surface area contributed by atoms with Gasteiger partial charge in [-0.3, -0.25) is 4.90 Å². The van der Waals surface area contributed by atoms with Crippen molar-refractivity contribution in [3.05, 3.63) is 59.8 Å². The van der Waals surface area contributed by atoms with Gasteiger partial charge >= 0.3 is 0 Å². The van der Waals surface area contributed by atoms with Crippen LogP contribution < -0.4 is 4.90 Å². The van der Waals surface area contributed by atoms with Crippen LogP contribution in [0.2, 0.25) is 0 Å². The normalized spacial score (nSPS) is 30.1. The SMILES string of the molecule is OCc1ccnc(N2C[C@@H]3C[C@H](C2)[C@@H]2CCC[C@H](Cc4ccccc4)N2C3)c1. The molecule has 4 atom stereocenters. The minimum Gasteiger partial charge on any atom is -0.392 e. The molecule has 5 rings (SSSR count). The Hall–Kier alpha value is -1.91. The third kappa shape index (κ3) is 3.56. The van der Waals surface area contributed by atoms with E-state index >= 15 is 0 Å². The van der Waals surface area contributed by atoms with Crippen LogP contribution in [-0.4, -0.2) is 46.7 Å². The molecule has 0 unspecified atom stereocenters. The number of aromatic nitrogens is 1. The number of anilines is 1. The number of piperidine rings is 3. The summed E-state index contributed by atoms with van der Waals surface area (Å²) >= 11 is 0. The van der Waals surface area contributed by atoms with Crippen LogP contribution in [0.5, 0.6) is 0 Å². The first-order chi connectivity index (χ1) is 13.8. The first kappa shape index (κ1) is 18.1. The highest BCUT2D eigenvalue weighted by molar-refractivity contribution is 5.42. The molecular formula is C24H31N3O. The molecule has 2 aromatic rings. The average molecular weight is 378 g/mol. The molecule has 0 amide bonds. The lowest BCUT2D eigenvalue weighted by atomic mass is 9.74. The molecule has 1 N–H and O–H groups in total. The van der Waals surface area contributed by atoms with Gasteiger partial charge in [0, 0.05) is 37.9 Å². The lowest BCUT2D eigenvalue weighted by Crippen LogP contribution is -2.62. The van der Waals surface area contributed by atoms with E-state index in [-0.39, 0.29) is 6.61 Å². The minimum absolute atomic E-state index is 0.0911. The average Bonchev–Trinajstić information content (AvgIpc) is 2.75.